The Balaban J connectivity index is 1.18. The Bertz CT molecular complexity index is 2940. The van der Waals surface area contributed by atoms with Crippen molar-refractivity contribution in [2.45, 2.75) is 78.1 Å². The second kappa shape index (κ2) is 14.3. The zero-order valence-corrected chi connectivity index (χ0v) is 36.9. The van der Waals surface area contributed by atoms with Crippen LogP contribution in [-0.4, -0.2) is 0 Å². The lowest BCUT2D eigenvalue weighted by Gasteiger charge is -2.35. The lowest BCUT2D eigenvalue weighted by atomic mass is 9.66. The first-order valence-electron chi connectivity index (χ1n) is 22.1. The van der Waals surface area contributed by atoms with E-state index in [0.29, 0.717) is 0 Å². The Morgan fingerprint density at radius 3 is 1.54 bits per heavy atom. The highest BCUT2D eigenvalue weighted by Crippen LogP contribution is 2.61. The molecule has 0 heterocycles. The summed E-state index contributed by atoms with van der Waals surface area (Å²) in [5.41, 5.74) is 21.9. The van der Waals surface area contributed by atoms with Gasteiger partial charge < -0.3 is 4.90 Å². The Morgan fingerprint density at radius 1 is 0.492 bits per heavy atom. The number of nitrogens with zero attached hydrogens (tertiary/aromatic N) is 1. The van der Waals surface area contributed by atoms with E-state index in [9.17, 15) is 0 Å². The lowest BCUT2D eigenvalue weighted by molar-refractivity contribution is 0.589. The summed E-state index contributed by atoms with van der Waals surface area (Å²) in [7, 11) is 0. The Kier molecular flexibility index (Phi) is 9.11. The van der Waals surface area contributed by atoms with E-state index in [1.807, 2.05) is 0 Å². The molecular weight excluding hydrogens is 735 g/mol. The van der Waals surface area contributed by atoms with Gasteiger partial charge in [0.15, 0.2) is 0 Å². The summed E-state index contributed by atoms with van der Waals surface area (Å²) in [5, 5.41) is 2.66. The van der Waals surface area contributed by atoms with Crippen LogP contribution in [0.4, 0.5) is 17.1 Å². The van der Waals surface area contributed by atoms with Gasteiger partial charge in [-0.05, 0) is 157 Å². The fraction of sp³-hybridized carbons (Fsp3) is 0.200. The molecule has 1 unspecified atom stereocenters. The molecule has 0 amide bonds. The first-order chi connectivity index (χ1) is 29.4. The van der Waals surface area contributed by atoms with Gasteiger partial charge in [0, 0.05) is 22.5 Å². The zero-order chi connectivity index (χ0) is 42.3. The largest absolute Gasteiger partial charge is 0.311 e. The van der Waals surface area contributed by atoms with Crippen LogP contribution in [0.25, 0.3) is 38.6 Å². The maximum atomic E-state index is 2.61. The van der Waals surface area contributed by atoms with E-state index in [2.05, 4.69) is 236 Å². The number of allylic oxidation sites excluding steroid dienone is 2. The predicted molar refractivity (Wildman–Crippen MR) is 261 cm³/mol. The third-order valence-corrected chi connectivity index (χ3v) is 14.2. The molecule has 300 valence electrons. The highest BCUT2D eigenvalue weighted by molar-refractivity contribution is 6.06. The number of hydrogen-bond donors (Lipinski definition) is 0. The zero-order valence-electron chi connectivity index (χ0n) is 36.9. The van der Waals surface area contributed by atoms with Crippen molar-refractivity contribution < 1.29 is 0 Å². The highest BCUT2D eigenvalue weighted by Gasteiger charge is 2.49. The Labute approximate surface area is 363 Å². The first-order valence-corrected chi connectivity index (χ1v) is 22.1. The van der Waals surface area contributed by atoms with Gasteiger partial charge in [-0.1, -0.05) is 175 Å². The lowest BCUT2D eigenvalue weighted by Crippen LogP contribution is -2.29. The molecule has 2 aliphatic carbocycles. The molecule has 0 saturated heterocycles. The number of anilines is 3. The van der Waals surface area contributed by atoms with Crippen molar-refractivity contribution in [1.82, 2.24) is 0 Å². The molecule has 0 radical (unpaired) electrons. The van der Waals surface area contributed by atoms with Crippen molar-refractivity contribution >= 4 is 33.4 Å². The van der Waals surface area contributed by atoms with E-state index < -0.39 is 5.41 Å². The normalized spacial score (nSPS) is 16.4. The van der Waals surface area contributed by atoms with E-state index in [0.717, 1.165) is 23.5 Å². The van der Waals surface area contributed by atoms with Gasteiger partial charge in [0.1, 0.15) is 0 Å². The summed E-state index contributed by atoms with van der Waals surface area (Å²) < 4.78 is 0. The minimum atomic E-state index is -0.529. The van der Waals surface area contributed by atoms with Gasteiger partial charge >= 0.3 is 0 Å². The molecule has 0 aliphatic heterocycles. The first kappa shape index (κ1) is 38.7. The minimum absolute atomic E-state index is 0.0353. The molecule has 8 aromatic carbocycles. The fourth-order valence-electron chi connectivity index (χ4n) is 10.7. The molecule has 2 aliphatic rings. The van der Waals surface area contributed by atoms with Crippen molar-refractivity contribution in [3.05, 3.63) is 226 Å². The number of fused-ring (bicyclic) bond motifs is 6. The molecule has 0 fully saturated rings. The van der Waals surface area contributed by atoms with Gasteiger partial charge in [-0.25, -0.2) is 0 Å². The van der Waals surface area contributed by atoms with Gasteiger partial charge in [0.05, 0.1) is 5.41 Å². The van der Waals surface area contributed by atoms with Crippen LogP contribution in [0.15, 0.2) is 181 Å². The number of rotatable bonds is 7. The van der Waals surface area contributed by atoms with E-state index in [1.54, 1.807) is 0 Å². The minimum Gasteiger partial charge on any atom is -0.311 e. The van der Waals surface area contributed by atoms with E-state index in [4.69, 9.17) is 0 Å². The molecule has 1 atom stereocenters. The van der Waals surface area contributed by atoms with Crippen molar-refractivity contribution in [3.8, 4) is 22.3 Å². The number of aryl methyl sites for hydroxylation is 1. The van der Waals surface area contributed by atoms with Gasteiger partial charge in [0.2, 0.25) is 0 Å². The SMILES string of the molecule is CCC1=C(C)C(C)(C)c2cc3c(cc21)C(c1ccc(-c2ccc(N(c4ccccc4)c4ccccc4)cc2)cc1)(c1ccc(C(C)(C)C)cc1)c1cc(C)c2ccccc2c1-3. The molecule has 1 nitrogen and oxygen atoms in total. The molecule has 0 spiro atoms. The summed E-state index contributed by atoms with van der Waals surface area (Å²) in [6.07, 6.45) is 1.02. The smallest absolute Gasteiger partial charge is 0.0714 e. The van der Waals surface area contributed by atoms with Gasteiger partial charge in [-0.15, -0.1) is 0 Å². The molecule has 10 rings (SSSR count). The van der Waals surface area contributed by atoms with Crippen molar-refractivity contribution in [2.75, 3.05) is 4.90 Å². The van der Waals surface area contributed by atoms with Crippen molar-refractivity contribution in [2.24, 2.45) is 0 Å². The number of hydrogen-bond acceptors (Lipinski definition) is 1. The third kappa shape index (κ3) is 5.96. The second-order valence-corrected chi connectivity index (χ2v) is 18.9. The van der Waals surface area contributed by atoms with Crippen LogP contribution >= 0.6 is 0 Å². The quantitative estimate of drug-likeness (QED) is 0.155. The van der Waals surface area contributed by atoms with Crippen LogP contribution in [0.2, 0.25) is 0 Å². The van der Waals surface area contributed by atoms with Gasteiger partial charge in [0.25, 0.3) is 0 Å². The van der Waals surface area contributed by atoms with Crippen LogP contribution < -0.4 is 4.90 Å². The van der Waals surface area contributed by atoms with Crippen LogP contribution in [0.5, 0.6) is 0 Å². The Hall–Kier alpha value is -6.44. The average molecular weight is 790 g/mol. The monoisotopic (exact) mass is 789 g/mol. The molecule has 1 heteroatoms. The molecule has 0 saturated carbocycles. The molecule has 0 N–H and O–H groups in total. The second-order valence-electron chi connectivity index (χ2n) is 18.9. The molecule has 8 aromatic rings. The molecule has 61 heavy (non-hydrogen) atoms. The summed E-state index contributed by atoms with van der Waals surface area (Å²) >= 11 is 0. The van der Waals surface area contributed by atoms with Crippen molar-refractivity contribution in [1.29, 1.82) is 0 Å². The molecular formula is C60H55N. The summed E-state index contributed by atoms with van der Waals surface area (Å²) in [4.78, 5) is 2.32. The van der Waals surface area contributed by atoms with Crippen LogP contribution in [0.1, 0.15) is 99.4 Å². The maximum absolute atomic E-state index is 2.61. The standard InChI is InChI=1S/C60H55N/c1-9-49-40(3)59(7,8)54-38-53-55(37-52(49)54)60(45-32-30-43(31-33-45)58(4,5)6,56-36-39(2)50-22-16-17-23-51(50)57(53)56)44-28-24-41(25-29-44)42-26-34-48(35-27-42)61(46-18-12-10-13-19-46)47-20-14-11-15-21-47/h10-38H,9H2,1-8H3. The van der Waals surface area contributed by atoms with Gasteiger partial charge in [-0.3, -0.25) is 0 Å². The summed E-state index contributed by atoms with van der Waals surface area (Å²) in [6, 6.07) is 66.2. The third-order valence-electron chi connectivity index (χ3n) is 14.2. The van der Waals surface area contributed by atoms with E-state index >= 15 is 0 Å². The molecule has 0 aromatic heterocycles. The maximum Gasteiger partial charge on any atom is 0.0714 e. The fourth-order valence-corrected chi connectivity index (χ4v) is 10.7. The van der Waals surface area contributed by atoms with E-state index in [-0.39, 0.29) is 10.8 Å². The van der Waals surface area contributed by atoms with Crippen LogP contribution in [0, 0.1) is 6.92 Å². The van der Waals surface area contributed by atoms with Crippen molar-refractivity contribution in [3.63, 3.8) is 0 Å². The van der Waals surface area contributed by atoms with Gasteiger partial charge in [-0.2, -0.15) is 0 Å². The summed E-state index contributed by atoms with van der Waals surface area (Å²) in [6.45, 7) is 18.8. The number of benzene rings is 8. The van der Waals surface area contributed by atoms with Crippen LogP contribution in [0.3, 0.4) is 0 Å². The Morgan fingerprint density at radius 2 is 0.984 bits per heavy atom. The topological polar surface area (TPSA) is 3.24 Å². The van der Waals surface area contributed by atoms with Crippen LogP contribution in [-0.2, 0) is 16.2 Å². The summed E-state index contributed by atoms with van der Waals surface area (Å²) in [5.74, 6) is 0. The number of para-hydroxylation sites is 2. The average Bonchev–Trinajstić information content (AvgIpc) is 3.67. The van der Waals surface area contributed by atoms with E-state index in [1.165, 1.54) is 88.7 Å². The predicted octanol–water partition coefficient (Wildman–Crippen LogP) is 16.4. The highest BCUT2D eigenvalue weighted by atomic mass is 15.1. The molecule has 0 bridgehead atoms.